The van der Waals surface area contributed by atoms with Crippen molar-refractivity contribution in [3.63, 3.8) is 0 Å². The molecule has 1 rings (SSSR count). The lowest BCUT2D eigenvalue weighted by Crippen LogP contribution is -2.32. The highest BCUT2D eigenvalue weighted by Crippen LogP contribution is 1.99. The van der Waals surface area contributed by atoms with Crippen LogP contribution in [0.1, 0.15) is 10.5 Å². The monoisotopic (exact) mass is 224 g/mol. The Morgan fingerprint density at radius 3 is 2.69 bits per heavy atom. The average Bonchev–Trinajstić information content (AvgIpc) is 2.28. The van der Waals surface area contributed by atoms with E-state index in [0.29, 0.717) is 12.4 Å². The van der Waals surface area contributed by atoms with E-state index < -0.39 is 0 Å². The molecule has 0 radical (unpaired) electrons. The number of likely N-dealkylation sites (N-methyl/N-ethyl adjacent to an activating group) is 1. The van der Waals surface area contributed by atoms with Gasteiger partial charge in [-0.15, -0.1) is 10.2 Å². The maximum absolute atomic E-state index is 11.5. The highest BCUT2D eigenvalue weighted by Gasteiger charge is 2.06. The second-order valence-corrected chi connectivity index (χ2v) is 3.51. The molecular weight excluding hydrogens is 208 g/mol. The third-order valence-electron chi connectivity index (χ3n) is 1.89. The van der Waals surface area contributed by atoms with Gasteiger partial charge in [-0.25, -0.2) is 5.84 Å². The lowest BCUT2D eigenvalue weighted by molar-refractivity contribution is 0.0945. The number of carbonyl (C=O) groups excluding carboxylic acids is 1. The van der Waals surface area contributed by atoms with Crippen LogP contribution < -0.4 is 16.6 Å². The molecule has 0 fully saturated rings. The number of amides is 1. The molecule has 1 aromatic heterocycles. The SMILES string of the molecule is CN(C)CCNC(=O)c1ccc(NN)nn1. The van der Waals surface area contributed by atoms with Crippen molar-refractivity contribution in [2.24, 2.45) is 5.84 Å². The number of nitrogens with zero attached hydrogens (tertiary/aromatic N) is 3. The molecule has 7 heteroatoms. The highest BCUT2D eigenvalue weighted by molar-refractivity contribution is 5.92. The van der Waals surface area contributed by atoms with E-state index in [1.54, 1.807) is 12.1 Å². The molecule has 0 aliphatic heterocycles. The summed E-state index contributed by atoms with van der Waals surface area (Å²) in [6.07, 6.45) is 0. The lowest BCUT2D eigenvalue weighted by Gasteiger charge is -2.09. The molecule has 0 spiro atoms. The summed E-state index contributed by atoms with van der Waals surface area (Å²) in [5, 5.41) is 10.2. The van der Waals surface area contributed by atoms with Crippen LogP contribution in [0.15, 0.2) is 12.1 Å². The maximum atomic E-state index is 11.5. The first-order chi connectivity index (χ1) is 7.63. The third kappa shape index (κ3) is 3.79. The number of aromatic nitrogens is 2. The molecule has 7 nitrogen and oxygen atoms in total. The Balaban J connectivity index is 2.46. The molecule has 0 aromatic carbocycles. The van der Waals surface area contributed by atoms with Gasteiger partial charge in [0.15, 0.2) is 11.5 Å². The van der Waals surface area contributed by atoms with E-state index in [0.717, 1.165) is 6.54 Å². The molecular formula is C9H16N6O. The summed E-state index contributed by atoms with van der Waals surface area (Å²) in [4.78, 5) is 13.5. The van der Waals surface area contributed by atoms with Crippen molar-refractivity contribution in [3.05, 3.63) is 17.8 Å². The fraction of sp³-hybridized carbons (Fsp3) is 0.444. The van der Waals surface area contributed by atoms with Crippen LogP contribution in [-0.2, 0) is 0 Å². The summed E-state index contributed by atoms with van der Waals surface area (Å²) in [6, 6.07) is 3.15. The van der Waals surface area contributed by atoms with Crippen molar-refractivity contribution < 1.29 is 4.79 Å². The molecule has 1 heterocycles. The Morgan fingerprint density at radius 1 is 1.44 bits per heavy atom. The van der Waals surface area contributed by atoms with E-state index in [2.05, 4.69) is 20.9 Å². The van der Waals surface area contributed by atoms with E-state index in [-0.39, 0.29) is 11.6 Å². The molecule has 4 N–H and O–H groups in total. The van der Waals surface area contributed by atoms with Gasteiger partial charge < -0.3 is 15.6 Å². The number of hydrogen-bond donors (Lipinski definition) is 3. The van der Waals surface area contributed by atoms with Crippen LogP contribution in [-0.4, -0.2) is 48.2 Å². The summed E-state index contributed by atoms with van der Waals surface area (Å²) in [6.45, 7) is 1.35. The van der Waals surface area contributed by atoms with Gasteiger partial charge in [0.1, 0.15) is 0 Å². The second-order valence-electron chi connectivity index (χ2n) is 3.51. The Hall–Kier alpha value is -1.73. The molecule has 1 aromatic rings. The zero-order valence-corrected chi connectivity index (χ0v) is 9.40. The Kier molecular flexibility index (Phi) is 4.62. The Morgan fingerprint density at radius 2 is 2.19 bits per heavy atom. The highest BCUT2D eigenvalue weighted by atomic mass is 16.1. The van der Waals surface area contributed by atoms with E-state index >= 15 is 0 Å². The molecule has 0 atom stereocenters. The number of nitrogens with one attached hydrogen (secondary N) is 2. The molecule has 0 saturated heterocycles. The van der Waals surface area contributed by atoms with Gasteiger partial charge in [0.25, 0.3) is 5.91 Å². The van der Waals surface area contributed by atoms with E-state index in [1.165, 1.54) is 0 Å². The van der Waals surface area contributed by atoms with E-state index in [1.807, 2.05) is 19.0 Å². The van der Waals surface area contributed by atoms with Gasteiger partial charge in [0.2, 0.25) is 0 Å². The summed E-state index contributed by atoms with van der Waals surface area (Å²) in [5.41, 5.74) is 2.61. The zero-order valence-electron chi connectivity index (χ0n) is 9.40. The number of carbonyl (C=O) groups is 1. The van der Waals surface area contributed by atoms with Gasteiger partial charge >= 0.3 is 0 Å². The second kappa shape index (κ2) is 5.99. The molecule has 1 amide bonds. The number of hydrazine groups is 1. The Labute approximate surface area is 94.0 Å². The van der Waals surface area contributed by atoms with Crippen LogP contribution in [0.5, 0.6) is 0 Å². The van der Waals surface area contributed by atoms with Crippen LogP contribution in [0.25, 0.3) is 0 Å². The predicted octanol–water partition coefficient (Wildman–Crippen LogP) is -0.946. The number of rotatable bonds is 5. The van der Waals surface area contributed by atoms with Crippen molar-refractivity contribution in [2.75, 3.05) is 32.6 Å². The number of nitrogens with two attached hydrogens (primary N) is 1. The van der Waals surface area contributed by atoms with Gasteiger partial charge in [-0.05, 0) is 26.2 Å². The van der Waals surface area contributed by atoms with Crippen molar-refractivity contribution in [1.82, 2.24) is 20.4 Å². The first kappa shape index (κ1) is 12.3. The minimum atomic E-state index is -0.238. The lowest BCUT2D eigenvalue weighted by atomic mass is 10.3. The van der Waals surface area contributed by atoms with Gasteiger partial charge in [-0.3, -0.25) is 4.79 Å². The average molecular weight is 224 g/mol. The normalized spacial score (nSPS) is 10.2. The molecule has 0 aliphatic rings. The summed E-state index contributed by atoms with van der Waals surface area (Å²) in [7, 11) is 3.88. The smallest absolute Gasteiger partial charge is 0.271 e. The fourth-order valence-electron chi connectivity index (χ4n) is 1.01. The molecule has 0 bridgehead atoms. The molecule has 0 saturated carbocycles. The van der Waals surface area contributed by atoms with Crippen LogP contribution in [0.2, 0.25) is 0 Å². The van der Waals surface area contributed by atoms with Crippen molar-refractivity contribution >= 4 is 11.7 Å². The first-order valence-corrected chi connectivity index (χ1v) is 4.86. The molecule has 16 heavy (non-hydrogen) atoms. The van der Waals surface area contributed by atoms with Crippen LogP contribution in [0.4, 0.5) is 5.82 Å². The van der Waals surface area contributed by atoms with Gasteiger partial charge in [-0.2, -0.15) is 0 Å². The maximum Gasteiger partial charge on any atom is 0.271 e. The zero-order chi connectivity index (χ0) is 12.0. The molecule has 0 aliphatic carbocycles. The number of hydrogen-bond acceptors (Lipinski definition) is 6. The van der Waals surface area contributed by atoms with Crippen molar-refractivity contribution in [2.45, 2.75) is 0 Å². The minimum Gasteiger partial charge on any atom is -0.349 e. The van der Waals surface area contributed by atoms with Gasteiger partial charge in [0.05, 0.1) is 0 Å². The minimum absolute atomic E-state index is 0.238. The van der Waals surface area contributed by atoms with Crippen LogP contribution in [0.3, 0.4) is 0 Å². The topological polar surface area (TPSA) is 96.2 Å². The fourth-order valence-corrected chi connectivity index (χ4v) is 1.01. The summed E-state index contributed by atoms with van der Waals surface area (Å²) >= 11 is 0. The quantitative estimate of drug-likeness (QED) is 0.441. The van der Waals surface area contributed by atoms with Crippen LogP contribution in [0, 0.1) is 0 Å². The standard InChI is InChI=1S/C9H16N6O/c1-15(2)6-5-11-9(16)7-3-4-8(12-10)14-13-7/h3-4H,5-6,10H2,1-2H3,(H,11,16)(H,12,14). The third-order valence-corrected chi connectivity index (χ3v) is 1.89. The van der Waals surface area contributed by atoms with Crippen molar-refractivity contribution in [1.29, 1.82) is 0 Å². The van der Waals surface area contributed by atoms with Gasteiger partial charge in [-0.1, -0.05) is 0 Å². The van der Waals surface area contributed by atoms with E-state index in [4.69, 9.17) is 5.84 Å². The predicted molar refractivity (Wildman–Crippen MR) is 60.7 cm³/mol. The first-order valence-electron chi connectivity index (χ1n) is 4.86. The van der Waals surface area contributed by atoms with Gasteiger partial charge in [0, 0.05) is 13.1 Å². The van der Waals surface area contributed by atoms with Crippen LogP contribution >= 0.6 is 0 Å². The van der Waals surface area contributed by atoms with E-state index in [9.17, 15) is 4.79 Å². The summed E-state index contributed by atoms with van der Waals surface area (Å²) < 4.78 is 0. The summed E-state index contributed by atoms with van der Waals surface area (Å²) in [5.74, 6) is 5.31. The molecule has 0 unspecified atom stereocenters. The number of anilines is 1. The Bertz CT molecular complexity index is 336. The largest absolute Gasteiger partial charge is 0.349 e. The molecule has 88 valence electrons. The number of nitrogen functional groups attached to an aromatic ring is 1. The van der Waals surface area contributed by atoms with Crippen molar-refractivity contribution in [3.8, 4) is 0 Å².